The summed E-state index contributed by atoms with van der Waals surface area (Å²) in [5, 5.41) is 0. The second-order valence-corrected chi connectivity index (χ2v) is 11.9. The minimum atomic E-state index is 0.728. The van der Waals surface area contributed by atoms with Crippen LogP contribution >= 0.6 is 0 Å². The summed E-state index contributed by atoms with van der Waals surface area (Å²) in [5.74, 6) is 3.24. The second kappa shape index (κ2) is 20.4. The van der Waals surface area contributed by atoms with E-state index in [-0.39, 0.29) is 0 Å². The highest BCUT2D eigenvalue weighted by Crippen LogP contribution is 2.23. The summed E-state index contributed by atoms with van der Waals surface area (Å²) in [4.78, 5) is 2.18. The van der Waals surface area contributed by atoms with Gasteiger partial charge in [-0.2, -0.15) is 0 Å². The van der Waals surface area contributed by atoms with Crippen molar-refractivity contribution in [3.05, 3.63) is 64.7 Å². The summed E-state index contributed by atoms with van der Waals surface area (Å²) in [6.07, 6.45) is 4.98. The first kappa shape index (κ1) is 35.4. The van der Waals surface area contributed by atoms with Crippen LogP contribution in [0.1, 0.15) is 104 Å². The van der Waals surface area contributed by atoms with Crippen LogP contribution in [0.25, 0.3) is 0 Å². The molecule has 1 heteroatoms. The molecular weight excluding hydrogens is 422 g/mol. The van der Waals surface area contributed by atoms with Gasteiger partial charge in [0.2, 0.25) is 0 Å². The number of hydrogen-bond donors (Lipinski definition) is 0. The zero-order valence-corrected chi connectivity index (χ0v) is 26.1. The SMILES string of the molecule is CC(C)CC(C)C.CCC.Cc1c(CC(C)C)cccc1N(C)C.Cc1ccc(CC(C)C)cc1. The molecule has 0 N–H and O–H groups in total. The summed E-state index contributed by atoms with van der Waals surface area (Å²) < 4.78 is 0. The molecule has 0 saturated carbocycles. The molecule has 0 aliphatic heterocycles. The molecule has 0 fully saturated rings. The van der Waals surface area contributed by atoms with E-state index in [2.05, 4.69) is 145 Å². The van der Waals surface area contributed by atoms with E-state index in [1.807, 2.05) is 0 Å². The minimum Gasteiger partial charge on any atom is -0.377 e. The maximum atomic E-state index is 2.27. The molecule has 1 nitrogen and oxygen atoms in total. The molecular formula is C34H61N. The first-order chi connectivity index (χ1) is 16.2. The normalized spacial score (nSPS) is 10.3. The van der Waals surface area contributed by atoms with Crippen LogP contribution in [0.2, 0.25) is 0 Å². The highest BCUT2D eigenvalue weighted by Gasteiger charge is 2.06. The Labute approximate surface area is 221 Å². The Hall–Kier alpha value is -1.76. The molecule has 0 aliphatic rings. The molecule has 2 aromatic carbocycles. The van der Waals surface area contributed by atoms with Gasteiger partial charge in [-0.25, -0.2) is 0 Å². The van der Waals surface area contributed by atoms with E-state index in [1.165, 1.54) is 53.6 Å². The number of hydrogen-bond acceptors (Lipinski definition) is 1. The molecule has 2 rings (SSSR count). The average molecular weight is 484 g/mol. The molecule has 2 aromatic rings. The van der Waals surface area contributed by atoms with Crippen molar-refractivity contribution >= 4 is 5.69 Å². The number of benzene rings is 2. The van der Waals surface area contributed by atoms with Gasteiger partial charge in [-0.1, -0.05) is 118 Å². The van der Waals surface area contributed by atoms with Gasteiger partial charge in [-0.3, -0.25) is 0 Å². The molecule has 0 bridgehead atoms. The highest BCUT2D eigenvalue weighted by molar-refractivity contribution is 5.55. The van der Waals surface area contributed by atoms with E-state index in [9.17, 15) is 0 Å². The van der Waals surface area contributed by atoms with Gasteiger partial charge in [0.1, 0.15) is 0 Å². The van der Waals surface area contributed by atoms with E-state index in [4.69, 9.17) is 0 Å². The molecule has 0 aliphatic carbocycles. The molecule has 0 spiro atoms. The summed E-state index contributed by atoms with van der Waals surface area (Å²) in [5.41, 5.74) is 7.03. The molecule has 35 heavy (non-hydrogen) atoms. The van der Waals surface area contributed by atoms with Gasteiger partial charge >= 0.3 is 0 Å². The first-order valence-electron chi connectivity index (χ1n) is 14.1. The van der Waals surface area contributed by atoms with Gasteiger partial charge in [-0.15, -0.1) is 0 Å². The van der Waals surface area contributed by atoms with Gasteiger partial charge in [0.05, 0.1) is 0 Å². The van der Waals surface area contributed by atoms with E-state index >= 15 is 0 Å². The van der Waals surface area contributed by atoms with Crippen LogP contribution in [0.3, 0.4) is 0 Å². The summed E-state index contributed by atoms with van der Waals surface area (Å²) in [7, 11) is 4.20. The van der Waals surface area contributed by atoms with Gasteiger partial charge < -0.3 is 4.90 Å². The Morgan fingerprint density at radius 1 is 0.629 bits per heavy atom. The molecule has 0 saturated heterocycles. The van der Waals surface area contributed by atoms with E-state index < -0.39 is 0 Å². The van der Waals surface area contributed by atoms with Crippen molar-refractivity contribution in [3.63, 3.8) is 0 Å². The van der Waals surface area contributed by atoms with Crippen molar-refractivity contribution in [1.82, 2.24) is 0 Å². The molecule has 202 valence electrons. The van der Waals surface area contributed by atoms with Crippen molar-refractivity contribution < 1.29 is 0 Å². The standard InChI is InChI=1S/C13H21N.C11H16.C7H16.C3H8/c1-10(2)9-12-7-6-8-13(11(12)3)14(4)5;1-9(2)8-11-6-4-10(3)5-7-11;1-6(2)5-7(3)4;1-3-2/h6-8,10H,9H2,1-5H3;4-7,9H,8H2,1-3H3;6-7H,5H2,1-4H3;3H2,1-2H3. The Kier molecular flexibility index (Phi) is 20.7. The first-order valence-corrected chi connectivity index (χ1v) is 14.1. The lowest BCUT2D eigenvalue weighted by Crippen LogP contribution is -2.11. The Bertz CT molecular complexity index is 730. The highest BCUT2D eigenvalue weighted by atomic mass is 15.1. The maximum absolute atomic E-state index is 2.27. The van der Waals surface area contributed by atoms with Crippen LogP contribution < -0.4 is 4.90 Å². The Balaban J connectivity index is 0. The summed E-state index contributed by atoms with van der Waals surface area (Å²) in [6, 6.07) is 15.4. The number of nitrogens with zero attached hydrogens (tertiary/aromatic N) is 1. The maximum Gasteiger partial charge on any atom is 0.0393 e. The number of rotatable bonds is 7. The van der Waals surface area contributed by atoms with Crippen molar-refractivity contribution in [1.29, 1.82) is 0 Å². The van der Waals surface area contributed by atoms with E-state index in [0.29, 0.717) is 0 Å². The average Bonchev–Trinajstić information content (AvgIpc) is 2.71. The monoisotopic (exact) mass is 483 g/mol. The lowest BCUT2D eigenvalue weighted by atomic mass is 9.97. The molecule has 0 heterocycles. The Morgan fingerprint density at radius 3 is 1.43 bits per heavy atom. The van der Waals surface area contributed by atoms with Gasteiger partial charge in [-0.05, 0) is 79.5 Å². The number of anilines is 1. The van der Waals surface area contributed by atoms with Crippen LogP contribution in [0.15, 0.2) is 42.5 Å². The molecule has 0 amide bonds. The largest absolute Gasteiger partial charge is 0.377 e. The lowest BCUT2D eigenvalue weighted by Gasteiger charge is -2.18. The van der Waals surface area contributed by atoms with Crippen molar-refractivity contribution in [2.24, 2.45) is 23.7 Å². The Morgan fingerprint density at radius 2 is 1.09 bits per heavy atom. The van der Waals surface area contributed by atoms with Gasteiger partial charge in [0.15, 0.2) is 0 Å². The fourth-order valence-electron chi connectivity index (χ4n) is 3.95. The predicted molar refractivity (Wildman–Crippen MR) is 164 cm³/mol. The molecule has 0 unspecified atom stereocenters. The third kappa shape index (κ3) is 20.2. The quantitative estimate of drug-likeness (QED) is 0.378. The molecule has 0 radical (unpaired) electrons. The summed E-state index contributed by atoms with van der Waals surface area (Å²) in [6.45, 7) is 26.7. The smallest absolute Gasteiger partial charge is 0.0393 e. The van der Waals surface area contributed by atoms with Crippen molar-refractivity contribution in [2.75, 3.05) is 19.0 Å². The van der Waals surface area contributed by atoms with Crippen LogP contribution in [-0.2, 0) is 12.8 Å². The topological polar surface area (TPSA) is 3.24 Å². The fourth-order valence-corrected chi connectivity index (χ4v) is 3.95. The van der Waals surface area contributed by atoms with Crippen molar-refractivity contribution in [2.45, 2.75) is 109 Å². The third-order valence-corrected chi connectivity index (χ3v) is 5.23. The third-order valence-electron chi connectivity index (χ3n) is 5.23. The molecule has 0 aromatic heterocycles. The molecule has 0 atom stereocenters. The van der Waals surface area contributed by atoms with Crippen LogP contribution in [0, 0.1) is 37.5 Å². The second-order valence-electron chi connectivity index (χ2n) is 11.9. The fraction of sp³-hybridized carbons (Fsp3) is 0.647. The number of aryl methyl sites for hydroxylation is 1. The summed E-state index contributed by atoms with van der Waals surface area (Å²) >= 11 is 0. The van der Waals surface area contributed by atoms with E-state index in [1.54, 1.807) is 0 Å². The lowest BCUT2D eigenvalue weighted by molar-refractivity contribution is 0.469. The van der Waals surface area contributed by atoms with Crippen molar-refractivity contribution in [3.8, 4) is 0 Å². The minimum absolute atomic E-state index is 0.728. The van der Waals surface area contributed by atoms with E-state index in [0.717, 1.165) is 23.7 Å². The van der Waals surface area contributed by atoms with Crippen LogP contribution in [0.4, 0.5) is 5.69 Å². The van der Waals surface area contributed by atoms with Crippen LogP contribution in [0.5, 0.6) is 0 Å². The zero-order valence-electron chi connectivity index (χ0n) is 26.1. The zero-order chi connectivity index (χ0) is 27.6. The predicted octanol–water partition coefficient (Wildman–Crippen LogP) is 10.6. The van der Waals surface area contributed by atoms with Gasteiger partial charge in [0.25, 0.3) is 0 Å². The van der Waals surface area contributed by atoms with Crippen LogP contribution in [-0.4, -0.2) is 14.1 Å². The van der Waals surface area contributed by atoms with Gasteiger partial charge in [0, 0.05) is 19.8 Å².